The minimum atomic E-state index is -4.55. The van der Waals surface area contributed by atoms with Gasteiger partial charge in [-0.3, -0.25) is 4.72 Å². The third kappa shape index (κ3) is 5.06. The van der Waals surface area contributed by atoms with Gasteiger partial charge in [0, 0.05) is 5.92 Å². The number of nitrogens with one attached hydrogen (secondary N) is 1. The van der Waals surface area contributed by atoms with E-state index in [-0.39, 0.29) is 16.6 Å². The summed E-state index contributed by atoms with van der Waals surface area (Å²) in [5.74, 6) is -1.77. The standard InChI is InChI=1S/C27H19F5N2O2S/c28-19-8-4-16(5-9-19)24-15-18(27(30,31)32)7-12-23(24)22-11-6-17-14-20(10-13-21(17)22)37(35,36)34-26-3-1-2-25(29)33-26/h1-5,7-10,12-15,22H,6,11H2,(H,33,34). The van der Waals surface area contributed by atoms with Gasteiger partial charge in [-0.15, -0.1) is 0 Å². The molecule has 4 nitrogen and oxygen atoms in total. The number of sulfonamides is 1. The number of aryl methyl sites for hydroxylation is 1. The Hall–Kier alpha value is -3.79. The number of rotatable bonds is 5. The predicted octanol–water partition coefficient (Wildman–Crippen LogP) is 6.92. The van der Waals surface area contributed by atoms with Gasteiger partial charge in [0.05, 0.1) is 10.5 Å². The first-order chi connectivity index (χ1) is 17.5. The number of benzene rings is 3. The first-order valence-corrected chi connectivity index (χ1v) is 12.7. The predicted molar refractivity (Wildman–Crippen MR) is 128 cm³/mol. The molecule has 0 saturated heterocycles. The van der Waals surface area contributed by atoms with E-state index in [4.69, 9.17) is 0 Å². The molecule has 0 aliphatic heterocycles. The molecule has 5 rings (SSSR count). The highest BCUT2D eigenvalue weighted by Crippen LogP contribution is 2.44. The second kappa shape index (κ2) is 9.26. The van der Waals surface area contributed by atoms with Crippen molar-refractivity contribution < 1.29 is 30.4 Å². The Morgan fingerprint density at radius 3 is 2.30 bits per heavy atom. The lowest BCUT2D eigenvalue weighted by Crippen LogP contribution is -2.14. The molecule has 190 valence electrons. The molecule has 3 aromatic carbocycles. The van der Waals surface area contributed by atoms with E-state index in [0.717, 1.165) is 29.3 Å². The molecule has 1 aromatic heterocycles. The van der Waals surface area contributed by atoms with Gasteiger partial charge in [-0.1, -0.05) is 30.3 Å². The molecule has 0 bridgehead atoms. The van der Waals surface area contributed by atoms with E-state index < -0.39 is 33.5 Å². The number of pyridine rings is 1. The van der Waals surface area contributed by atoms with E-state index in [9.17, 15) is 30.4 Å². The first-order valence-electron chi connectivity index (χ1n) is 11.3. The van der Waals surface area contributed by atoms with Crippen molar-refractivity contribution in [3.05, 3.63) is 113 Å². The van der Waals surface area contributed by atoms with Crippen LogP contribution >= 0.6 is 0 Å². The maximum Gasteiger partial charge on any atom is 0.416 e. The van der Waals surface area contributed by atoms with Crippen molar-refractivity contribution in [2.75, 3.05) is 4.72 Å². The van der Waals surface area contributed by atoms with E-state index in [1.165, 1.54) is 54.6 Å². The largest absolute Gasteiger partial charge is 0.416 e. The molecule has 37 heavy (non-hydrogen) atoms. The van der Waals surface area contributed by atoms with E-state index in [2.05, 4.69) is 9.71 Å². The van der Waals surface area contributed by atoms with Crippen molar-refractivity contribution in [2.45, 2.75) is 29.8 Å². The maximum absolute atomic E-state index is 13.5. The van der Waals surface area contributed by atoms with Gasteiger partial charge in [-0.25, -0.2) is 17.8 Å². The molecule has 1 N–H and O–H groups in total. The molecule has 1 aliphatic carbocycles. The van der Waals surface area contributed by atoms with Crippen LogP contribution in [0.15, 0.2) is 83.8 Å². The van der Waals surface area contributed by atoms with Crippen LogP contribution in [-0.4, -0.2) is 13.4 Å². The SMILES string of the molecule is O=S(=O)(Nc1cccc(F)n1)c1ccc2c(c1)CCC2c1ccc(C(F)(F)F)cc1-c1ccc(F)cc1. The van der Waals surface area contributed by atoms with Crippen molar-refractivity contribution >= 4 is 15.8 Å². The zero-order chi connectivity index (χ0) is 26.4. The molecular weight excluding hydrogens is 511 g/mol. The van der Waals surface area contributed by atoms with E-state index in [0.29, 0.717) is 29.5 Å². The normalized spacial score (nSPS) is 15.4. The lowest BCUT2D eigenvalue weighted by molar-refractivity contribution is -0.137. The van der Waals surface area contributed by atoms with E-state index in [1.807, 2.05) is 0 Å². The molecule has 1 heterocycles. The van der Waals surface area contributed by atoms with Gasteiger partial charge in [0.2, 0.25) is 5.95 Å². The highest BCUT2D eigenvalue weighted by molar-refractivity contribution is 7.92. The average Bonchev–Trinajstić information content (AvgIpc) is 3.27. The maximum atomic E-state index is 13.5. The number of anilines is 1. The molecule has 10 heteroatoms. The monoisotopic (exact) mass is 530 g/mol. The van der Waals surface area contributed by atoms with Crippen LogP contribution in [0.4, 0.5) is 27.8 Å². The zero-order valence-corrected chi connectivity index (χ0v) is 19.9. The summed E-state index contributed by atoms with van der Waals surface area (Å²) in [5, 5.41) is 0. The Kier molecular flexibility index (Phi) is 6.23. The fourth-order valence-corrected chi connectivity index (χ4v) is 5.71. The highest BCUT2D eigenvalue weighted by Gasteiger charge is 2.33. The molecule has 0 amide bonds. The van der Waals surface area contributed by atoms with Gasteiger partial charge in [0.25, 0.3) is 10.0 Å². The fraction of sp³-hybridized carbons (Fsp3) is 0.148. The summed E-state index contributed by atoms with van der Waals surface area (Å²) in [6.45, 7) is 0. The van der Waals surface area contributed by atoms with Gasteiger partial charge in [0.1, 0.15) is 11.6 Å². The minimum absolute atomic E-state index is 0.0378. The van der Waals surface area contributed by atoms with E-state index >= 15 is 0 Å². The number of halogens is 5. The van der Waals surface area contributed by atoms with E-state index in [1.54, 1.807) is 6.07 Å². The number of alkyl halides is 3. The summed E-state index contributed by atoms with van der Waals surface area (Å²) in [6.07, 6.45) is -3.49. The number of hydrogen-bond acceptors (Lipinski definition) is 3. The molecule has 0 spiro atoms. The quantitative estimate of drug-likeness (QED) is 0.225. The molecule has 0 saturated carbocycles. The van der Waals surface area contributed by atoms with Crippen molar-refractivity contribution in [1.29, 1.82) is 0 Å². The summed E-state index contributed by atoms with van der Waals surface area (Å²) in [6, 6.07) is 17.1. The third-order valence-corrected chi connectivity index (χ3v) is 7.72. The summed E-state index contributed by atoms with van der Waals surface area (Å²) < 4.78 is 95.3. The molecule has 1 atom stereocenters. The lowest BCUT2D eigenvalue weighted by atomic mass is 9.86. The summed E-state index contributed by atoms with van der Waals surface area (Å²) >= 11 is 0. The minimum Gasteiger partial charge on any atom is -0.263 e. The second-order valence-corrected chi connectivity index (χ2v) is 10.4. The van der Waals surface area contributed by atoms with Gasteiger partial charge >= 0.3 is 6.18 Å². The van der Waals surface area contributed by atoms with Crippen LogP contribution in [0.5, 0.6) is 0 Å². The highest BCUT2D eigenvalue weighted by atomic mass is 32.2. The molecule has 0 fully saturated rings. The molecule has 1 aliphatic rings. The van der Waals surface area contributed by atoms with Crippen LogP contribution in [-0.2, 0) is 22.6 Å². The number of nitrogens with zero attached hydrogens (tertiary/aromatic N) is 1. The summed E-state index contributed by atoms with van der Waals surface area (Å²) in [7, 11) is -4.05. The molecular formula is C27H19F5N2O2S. The Balaban J connectivity index is 1.52. The third-order valence-electron chi connectivity index (χ3n) is 6.37. The molecule has 0 radical (unpaired) electrons. The van der Waals surface area contributed by atoms with Gasteiger partial charge in [0.15, 0.2) is 0 Å². The second-order valence-electron chi connectivity index (χ2n) is 8.71. The van der Waals surface area contributed by atoms with Crippen LogP contribution < -0.4 is 4.72 Å². The Morgan fingerprint density at radius 1 is 0.865 bits per heavy atom. The van der Waals surface area contributed by atoms with Crippen LogP contribution in [0.1, 0.15) is 34.6 Å². The van der Waals surface area contributed by atoms with Gasteiger partial charge in [-0.05, 0) is 89.2 Å². The summed E-state index contributed by atoms with van der Waals surface area (Å²) in [5.41, 5.74) is 2.14. The van der Waals surface area contributed by atoms with Crippen molar-refractivity contribution in [1.82, 2.24) is 4.98 Å². The smallest absolute Gasteiger partial charge is 0.263 e. The van der Waals surface area contributed by atoms with Crippen molar-refractivity contribution in [3.63, 3.8) is 0 Å². The van der Waals surface area contributed by atoms with Crippen LogP contribution in [0.2, 0.25) is 0 Å². The lowest BCUT2D eigenvalue weighted by Gasteiger charge is -2.20. The van der Waals surface area contributed by atoms with Crippen molar-refractivity contribution in [3.8, 4) is 11.1 Å². The first kappa shape index (κ1) is 24.9. The number of fused-ring (bicyclic) bond motifs is 1. The molecule has 1 unspecified atom stereocenters. The fourth-order valence-electron chi connectivity index (χ4n) is 4.66. The average molecular weight is 531 g/mol. The molecule has 4 aromatic rings. The Labute approximate surface area is 209 Å². The van der Waals surface area contributed by atoms with Crippen LogP contribution in [0, 0.1) is 11.8 Å². The summed E-state index contributed by atoms with van der Waals surface area (Å²) in [4.78, 5) is 3.48. The van der Waals surface area contributed by atoms with Crippen molar-refractivity contribution in [2.24, 2.45) is 0 Å². The van der Waals surface area contributed by atoms with Gasteiger partial charge < -0.3 is 0 Å². The number of aromatic nitrogens is 1. The van der Waals surface area contributed by atoms with Gasteiger partial charge in [-0.2, -0.15) is 17.6 Å². The van der Waals surface area contributed by atoms with Crippen LogP contribution in [0.3, 0.4) is 0 Å². The van der Waals surface area contributed by atoms with Crippen LogP contribution in [0.25, 0.3) is 11.1 Å². The topological polar surface area (TPSA) is 59.1 Å². The number of hydrogen-bond donors (Lipinski definition) is 1. The Morgan fingerprint density at radius 2 is 1.59 bits per heavy atom. The zero-order valence-electron chi connectivity index (χ0n) is 19.1. The Bertz CT molecular complexity index is 1590.